The Morgan fingerprint density at radius 3 is 2.43 bits per heavy atom. The zero-order chi connectivity index (χ0) is 5.70. The molecule has 2 N–H and O–H groups in total. The van der Waals surface area contributed by atoms with E-state index in [2.05, 4.69) is 5.29 Å². The number of carbonyl (C=O) groups excluding carboxylic acids is 1. The van der Waals surface area contributed by atoms with E-state index in [0.717, 1.165) is 0 Å². The molecule has 0 rings (SSSR count). The van der Waals surface area contributed by atoms with Crippen LogP contribution in [0, 0.1) is 4.91 Å². The molecule has 0 radical (unpaired) electrons. The van der Waals surface area contributed by atoms with Crippen molar-refractivity contribution in [3.05, 3.63) is 4.91 Å². The van der Waals surface area contributed by atoms with Gasteiger partial charge in [0, 0.05) is 6.92 Å². The minimum absolute atomic E-state index is 0.348. The molecule has 5 heteroatoms. The van der Waals surface area contributed by atoms with Crippen molar-refractivity contribution in [1.82, 2.24) is 11.0 Å². The predicted molar refractivity (Wildman–Crippen MR) is 22.7 cm³/mol. The highest BCUT2D eigenvalue weighted by Crippen LogP contribution is 1.50. The molecule has 0 atom stereocenters. The van der Waals surface area contributed by atoms with Gasteiger partial charge >= 0.3 is 0 Å². The maximum absolute atomic E-state index is 9.83. The second-order valence-electron chi connectivity index (χ2n) is 0.884. The molecule has 40 valence electrons. The molecule has 0 aliphatic heterocycles. The Labute approximate surface area is 40.0 Å². The summed E-state index contributed by atoms with van der Waals surface area (Å²) >= 11 is 0. The topological polar surface area (TPSA) is 70.6 Å². The van der Waals surface area contributed by atoms with E-state index in [1.165, 1.54) is 6.92 Å². The molecule has 0 saturated carbocycles. The highest BCUT2D eigenvalue weighted by molar-refractivity contribution is 5.72. The standard InChI is InChI=1S/C2H5N3O2/c1-2(6)3-4-5-7/h1H3,(H,4,7)(H,3,5,6). The van der Waals surface area contributed by atoms with E-state index in [9.17, 15) is 4.79 Å². The van der Waals surface area contributed by atoms with Gasteiger partial charge in [-0.3, -0.25) is 10.2 Å². The van der Waals surface area contributed by atoms with Crippen molar-refractivity contribution in [2.45, 2.75) is 6.92 Å². The van der Waals surface area contributed by atoms with Crippen molar-refractivity contribution in [2.24, 2.45) is 5.29 Å². The molecular formula is C2H5N3O2. The summed E-state index contributed by atoms with van der Waals surface area (Å²) in [4.78, 5) is 19.0. The van der Waals surface area contributed by atoms with E-state index in [-0.39, 0.29) is 5.91 Å². The van der Waals surface area contributed by atoms with Crippen LogP contribution < -0.4 is 11.0 Å². The molecule has 0 aromatic heterocycles. The Kier molecular flexibility index (Phi) is 2.58. The van der Waals surface area contributed by atoms with Crippen LogP contribution in [0.1, 0.15) is 6.92 Å². The molecule has 5 nitrogen and oxygen atoms in total. The third kappa shape index (κ3) is 4.87. The molecule has 0 fully saturated rings. The van der Waals surface area contributed by atoms with Crippen LogP contribution in [0.3, 0.4) is 0 Å². The smallest absolute Gasteiger partial charge is 0.236 e. The van der Waals surface area contributed by atoms with Gasteiger partial charge in [0.2, 0.25) is 5.91 Å². The molecule has 0 saturated heterocycles. The summed E-state index contributed by atoms with van der Waals surface area (Å²) in [5, 5.41) is 2.14. The number of hydrazine groups is 1. The van der Waals surface area contributed by atoms with Gasteiger partial charge in [0.1, 0.15) is 0 Å². The lowest BCUT2D eigenvalue weighted by Gasteiger charge is -1.90. The van der Waals surface area contributed by atoms with Crippen LogP contribution in [0.25, 0.3) is 0 Å². The summed E-state index contributed by atoms with van der Waals surface area (Å²) in [6.45, 7) is 1.26. The first-order valence-corrected chi connectivity index (χ1v) is 1.61. The fourth-order valence-corrected chi connectivity index (χ4v) is 0.102. The molecule has 1 amide bonds. The van der Waals surface area contributed by atoms with E-state index in [1.54, 1.807) is 5.53 Å². The molecule has 7 heavy (non-hydrogen) atoms. The molecule has 0 unspecified atom stereocenters. The quantitative estimate of drug-likeness (QED) is 0.359. The van der Waals surface area contributed by atoms with Gasteiger partial charge in [-0.05, 0) is 0 Å². The van der Waals surface area contributed by atoms with Gasteiger partial charge in [0.05, 0.1) is 5.29 Å². The van der Waals surface area contributed by atoms with Gasteiger partial charge in [0.25, 0.3) is 0 Å². The largest absolute Gasteiger partial charge is 0.274 e. The molecule has 0 bridgehead atoms. The number of nitroso groups, excluding NO2 is 1. The van der Waals surface area contributed by atoms with E-state index in [1.807, 2.05) is 5.43 Å². The van der Waals surface area contributed by atoms with Gasteiger partial charge in [-0.2, -0.15) is 5.53 Å². The summed E-state index contributed by atoms with van der Waals surface area (Å²) in [7, 11) is 0. The first kappa shape index (κ1) is 5.87. The van der Waals surface area contributed by atoms with E-state index in [4.69, 9.17) is 4.91 Å². The number of hydrogen-bond acceptors (Lipinski definition) is 3. The number of nitrogens with zero attached hydrogens (tertiary/aromatic N) is 1. The van der Waals surface area contributed by atoms with Crippen molar-refractivity contribution < 1.29 is 4.79 Å². The van der Waals surface area contributed by atoms with Crippen LogP contribution in [0.15, 0.2) is 5.29 Å². The minimum Gasteiger partial charge on any atom is -0.274 e. The highest BCUT2D eigenvalue weighted by atomic mass is 16.3. The first-order chi connectivity index (χ1) is 3.27. The molecule has 0 aromatic rings. The fourth-order valence-electron chi connectivity index (χ4n) is 0.102. The molecule has 0 heterocycles. The van der Waals surface area contributed by atoms with E-state index < -0.39 is 0 Å². The summed E-state index contributed by atoms with van der Waals surface area (Å²) in [5.41, 5.74) is 3.64. The van der Waals surface area contributed by atoms with Crippen molar-refractivity contribution >= 4 is 5.91 Å². The fraction of sp³-hybridized carbons (Fsp3) is 0.500. The van der Waals surface area contributed by atoms with Gasteiger partial charge in [-0.15, -0.1) is 4.91 Å². The number of carbonyl (C=O) groups is 1. The van der Waals surface area contributed by atoms with Crippen LogP contribution >= 0.6 is 0 Å². The second kappa shape index (κ2) is 3.08. The average molecular weight is 103 g/mol. The van der Waals surface area contributed by atoms with Crippen LogP contribution in [0.5, 0.6) is 0 Å². The molecule has 0 aliphatic carbocycles. The lowest BCUT2D eigenvalue weighted by atomic mass is 10.8. The Bertz CT molecular complexity index is 81.0. The lowest BCUT2D eigenvalue weighted by molar-refractivity contribution is -0.119. The number of amides is 1. The van der Waals surface area contributed by atoms with Crippen LogP contribution in [-0.4, -0.2) is 5.91 Å². The van der Waals surface area contributed by atoms with Crippen molar-refractivity contribution in [3.8, 4) is 0 Å². The van der Waals surface area contributed by atoms with Crippen LogP contribution in [0.4, 0.5) is 0 Å². The van der Waals surface area contributed by atoms with Crippen LogP contribution in [-0.2, 0) is 4.79 Å². The molecular weight excluding hydrogens is 98.0 g/mol. The number of hydrogen-bond donors (Lipinski definition) is 2. The normalized spacial score (nSPS) is 7.00. The number of nitrogens with one attached hydrogen (secondary N) is 2. The first-order valence-electron chi connectivity index (χ1n) is 1.61. The Balaban J connectivity index is 2.97. The lowest BCUT2D eigenvalue weighted by Crippen LogP contribution is -2.30. The van der Waals surface area contributed by atoms with Gasteiger partial charge in [-0.25, -0.2) is 0 Å². The Morgan fingerprint density at radius 2 is 2.29 bits per heavy atom. The molecule has 0 aromatic carbocycles. The van der Waals surface area contributed by atoms with Gasteiger partial charge in [0.15, 0.2) is 0 Å². The zero-order valence-corrected chi connectivity index (χ0v) is 3.76. The minimum atomic E-state index is -0.348. The summed E-state index contributed by atoms with van der Waals surface area (Å²) < 4.78 is 0. The van der Waals surface area contributed by atoms with E-state index >= 15 is 0 Å². The van der Waals surface area contributed by atoms with Gasteiger partial charge < -0.3 is 0 Å². The van der Waals surface area contributed by atoms with Crippen molar-refractivity contribution in [1.29, 1.82) is 0 Å². The van der Waals surface area contributed by atoms with Crippen molar-refractivity contribution in [3.63, 3.8) is 0 Å². The monoisotopic (exact) mass is 103 g/mol. The maximum atomic E-state index is 9.83. The summed E-state index contributed by atoms with van der Waals surface area (Å²) in [6, 6.07) is 0. The van der Waals surface area contributed by atoms with Gasteiger partial charge in [-0.1, -0.05) is 0 Å². The predicted octanol–water partition coefficient (Wildman–Crippen LogP) is -0.692. The molecule has 0 aliphatic rings. The zero-order valence-electron chi connectivity index (χ0n) is 3.76. The maximum Gasteiger partial charge on any atom is 0.236 e. The molecule has 0 spiro atoms. The Morgan fingerprint density at radius 1 is 1.71 bits per heavy atom. The second-order valence-corrected chi connectivity index (χ2v) is 0.884. The SMILES string of the molecule is CC(=O)NNN=O. The summed E-state index contributed by atoms with van der Waals surface area (Å²) in [6.07, 6.45) is 0. The van der Waals surface area contributed by atoms with E-state index in [0.29, 0.717) is 0 Å². The van der Waals surface area contributed by atoms with Crippen molar-refractivity contribution in [2.75, 3.05) is 0 Å². The van der Waals surface area contributed by atoms with Crippen LogP contribution in [0.2, 0.25) is 0 Å². The summed E-state index contributed by atoms with van der Waals surface area (Å²) in [5.74, 6) is -0.348. The average Bonchev–Trinajstić information content (AvgIpc) is 1.61. The highest BCUT2D eigenvalue weighted by Gasteiger charge is 1.81. The third-order valence-corrected chi connectivity index (χ3v) is 0.278. The Hall–Kier alpha value is -1.13. The number of rotatable bonds is 2. The third-order valence-electron chi connectivity index (χ3n) is 0.278.